The molecule has 0 saturated carbocycles. The number of halogens is 1. The smallest absolute Gasteiger partial charge is 0.261 e. The van der Waals surface area contributed by atoms with Crippen LogP contribution < -0.4 is 10.1 Å². The van der Waals surface area contributed by atoms with Crippen LogP contribution >= 0.6 is 15.9 Å². The molecule has 0 heterocycles. The van der Waals surface area contributed by atoms with Crippen LogP contribution in [0.2, 0.25) is 0 Å². The van der Waals surface area contributed by atoms with Gasteiger partial charge in [0, 0.05) is 19.5 Å². The lowest BCUT2D eigenvalue weighted by Gasteiger charge is -2.31. The van der Waals surface area contributed by atoms with Gasteiger partial charge in [-0.25, -0.2) is 0 Å². The Morgan fingerprint density at radius 1 is 0.974 bits per heavy atom. The van der Waals surface area contributed by atoms with E-state index in [0.717, 1.165) is 27.6 Å². The van der Waals surface area contributed by atoms with Crippen LogP contribution in [0.5, 0.6) is 5.75 Å². The lowest BCUT2D eigenvalue weighted by Crippen LogP contribution is -2.51. The third-order valence-electron chi connectivity index (χ3n) is 6.40. The Morgan fingerprint density at radius 2 is 1.68 bits per heavy atom. The van der Waals surface area contributed by atoms with Crippen molar-refractivity contribution in [2.75, 3.05) is 13.2 Å². The summed E-state index contributed by atoms with van der Waals surface area (Å²) in [5.74, 6) is 0.190. The van der Waals surface area contributed by atoms with Gasteiger partial charge in [0.2, 0.25) is 5.91 Å². The quantitative estimate of drug-likeness (QED) is 0.279. The highest BCUT2D eigenvalue weighted by Crippen LogP contribution is 2.31. The third-order valence-corrected chi connectivity index (χ3v) is 7.02. The SMILES string of the molecule is CCCNC(=O)[C@@H](Cc1ccccc1)N(Cc1cccc(C)c1)C(=O)COc1ccc(C(C)(C)C)cc1Br. The third kappa shape index (κ3) is 8.45. The van der Waals surface area contributed by atoms with Gasteiger partial charge in [-0.05, 0) is 63.5 Å². The van der Waals surface area contributed by atoms with E-state index in [1.165, 1.54) is 5.56 Å². The Hall–Kier alpha value is -3.12. The van der Waals surface area contributed by atoms with Crippen molar-refractivity contribution in [3.63, 3.8) is 0 Å². The monoisotopic (exact) mass is 578 g/mol. The topological polar surface area (TPSA) is 58.6 Å². The number of amides is 2. The maximum Gasteiger partial charge on any atom is 0.261 e. The van der Waals surface area contributed by atoms with Crippen LogP contribution in [0, 0.1) is 6.92 Å². The van der Waals surface area contributed by atoms with Gasteiger partial charge in [-0.2, -0.15) is 0 Å². The summed E-state index contributed by atoms with van der Waals surface area (Å²) >= 11 is 3.60. The molecule has 3 aromatic rings. The van der Waals surface area contributed by atoms with Crippen LogP contribution in [0.1, 0.15) is 56.4 Å². The summed E-state index contributed by atoms with van der Waals surface area (Å²) in [6.45, 7) is 11.2. The first kappa shape index (κ1) is 29.4. The van der Waals surface area contributed by atoms with Crippen LogP contribution in [-0.4, -0.2) is 35.9 Å². The predicted molar refractivity (Wildman–Crippen MR) is 157 cm³/mol. The van der Waals surface area contributed by atoms with E-state index in [1.54, 1.807) is 4.90 Å². The standard InChI is InChI=1S/C32H39BrN2O3/c1-6-17-34-31(37)28(19-24-12-8-7-9-13-24)35(21-25-14-10-11-23(2)18-25)30(36)22-38-29-16-15-26(20-27(29)33)32(3,4)5/h7-16,18,20,28H,6,17,19,21-22H2,1-5H3,(H,34,37)/t28-/m1/s1. The summed E-state index contributed by atoms with van der Waals surface area (Å²) in [5.41, 5.74) is 4.23. The van der Waals surface area contributed by atoms with E-state index < -0.39 is 6.04 Å². The van der Waals surface area contributed by atoms with Gasteiger partial charge in [-0.1, -0.05) is 93.9 Å². The summed E-state index contributed by atoms with van der Waals surface area (Å²) in [6.07, 6.45) is 1.23. The number of aryl methyl sites for hydroxylation is 1. The number of hydrogen-bond acceptors (Lipinski definition) is 3. The first-order chi connectivity index (χ1) is 18.1. The fourth-order valence-electron chi connectivity index (χ4n) is 4.23. The summed E-state index contributed by atoms with van der Waals surface area (Å²) < 4.78 is 6.80. The van der Waals surface area contributed by atoms with Crippen molar-refractivity contribution in [2.45, 2.75) is 65.5 Å². The molecule has 0 aliphatic rings. The molecule has 0 bridgehead atoms. The Bertz CT molecular complexity index is 1220. The molecule has 0 radical (unpaired) electrons. The molecule has 202 valence electrons. The molecule has 3 rings (SSSR count). The second kappa shape index (κ2) is 13.6. The van der Waals surface area contributed by atoms with E-state index in [1.807, 2.05) is 86.6 Å². The highest BCUT2D eigenvalue weighted by atomic mass is 79.9. The van der Waals surface area contributed by atoms with Gasteiger partial charge < -0.3 is 15.0 Å². The van der Waals surface area contributed by atoms with Crippen LogP contribution in [0.25, 0.3) is 0 Å². The predicted octanol–water partition coefficient (Wildman–Crippen LogP) is 6.60. The Kier molecular flexibility index (Phi) is 10.5. The van der Waals surface area contributed by atoms with Gasteiger partial charge in [0.15, 0.2) is 6.61 Å². The van der Waals surface area contributed by atoms with Crippen molar-refractivity contribution in [3.05, 3.63) is 99.5 Å². The highest BCUT2D eigenvalue weighted by molar-refractivity contribution is 9.10. The normalized spacial score (nSPS) is 12.1. The zero-order valence-electron chi connectivity index (χ0n) is 23.1. The van der Waals surface area contributed by atoms with E-state index in [0.29, 0.717) is 25.3 Å². The average molecular weight is 580 g/mol. The lowest BCUT2D eigenvalue weighted by atomic mass is 9.87. The highest BCUT2D eigenvalue weighted by Gasteiger charge is 2.30. The molecular formula is C32H39BrN2O3. The molecule has 38 heavy (non-hydrogen) atoms. The van der Waals surface area contributed by atoms with Crippen LogP contribution in [-0.2, 0) is 28.0 Å². The average Bonchev–Trinajstić information content (AvgIpc) is 2.88. The first-order valence-electron chi connectivity index (χ1n) is 13.2. The van der Waals surface area contributed by atoms with Gasteiger partial charge in [-0.3, -0.25) is 9.59 Å². The first-order valence-corrected chi connectivity index (χ1v) is 14.0. The van der Waals surface area contributed by atoms with Gasteiger partial charge in [0.25, 0.3) is 5.91 Å². The summed E-state index contributed by atoms with van der Waals surface area (Å²) in [4.78, 5) is 28.8. The van der Waals surface area contributed by atoms with Crippen LogP contribution in [0.15, 0.2) is 77.3 Å². The molecule has 6 heteroatoms. The number of ether oxygens (including phenoxy) is 1. The van der Waals surface area contributed by atoms with Crippen LogP contribution in [0.4, 0.5) is 0 Å². The number of benzene rings is 3. The molecule has 0 unspecified atom stereocenters. The van der Waals surface area contributed by atoms with E-state index in [-0.39, 0.29) is 23.8 Å². The van der Waals surface area contributed by atoms with Crippen molar-refractivity contribution >= 4 is 27.7 Å². The number of carbonyl (C=O) groups excluding carboxylic acids is 2. The molecule has 0 aromatic heterocycles. The van der Waals surface area contributed by atoms with Gasteiger partial charge >= 0.3 is 0 Å². The number of carbonyl (C=O) groups is 2. The molecule has 0 spiro atoms. The lowest BCUT2D eigenvalue weighted by molar-refractivity contribution is -0.142. The van der Waals surface area contributed by atoms with E-state index >= 15 is 0 Å². The van der Waals surface area contributed by atoms with Gasteiger partial charge in [-0.15, -0.1) is 0 Å². The summed E-state index contributed by atoms with van der Waals surface area (Å²) in [5, 5.41) is 3.01. The largest absolute Gasteiger partial charge is 0.483 e. The molecule has 1 N–H and O–H groups in total. The minimum Gasteiger partial charge on any atom is -0.483 e. The number of nitrogens with one attached hydrogen (secondary N) is 1. The van der Waals surface area contributed by atoms with E-state index in [2.05, 4.69) is 42.0 Å². The Balaban J connectivity index is 1.89. The molecule has 0 aliphatic carbocycles. The minimum atomic E-state index is -0.674. The maximum absolute atomic E-state index is 13.8. The minimum absolute atomic E-state index is 0.00199. The van der Waals surface area contributed by atoms with Crippen molar-refractivity contribution in [1.29, 1.82) is 0 Å². The van der Waals surface area contributed by atoms with Crippen molar-refractivity contribution in [2.24, 2.45) is 0 Å². The fourth-order valence-corrected chi connectivity index (χ4v) is 4.73. The summed E-state index contributed by atoms with van der Waals surface area (Å²) in [6, 6.07) is 23.1. The zero-order chi connectivity index (χ0) is 27.7. The molecule has 0 fully saturated rings. The number of hydrogen-bond donors (Lipinski definition) is 1. The van der Waals surface area contributed by atoms with Gasteiger partial charge in [0.05, 0.1) is 4.47 Å². The molecule has 2 amide bonds. The molecule has 1 atom stereocenters. The number of rotatable bonds is 11. The molecular weight excluding hydrogens is 540 g/mol. The number of nitrogens with zero attached hydrogens (tertiary/aromatic N) is 1. The van der Waals surface area contributed by atoms with Crippen molar-refractivity contribution < 1.29 is 14.3 Å². The summed E-state index contributed by atoms with van der Waals surface area (Å²) in [7, 11) is 0. The molecule has 0 saturated heterocycles. The maximum atomic E-state index is 13.8. The molecule has 5 nitrogen and oxygen atoms in total. The van der Waals surface area contributed by atoms with E-state index in [9.17, 15) is 9.59 Å². The second-order valence-corrected chi connectivity index (χ2v) is 11.5. The van der Waals surface area contributed by atoms with Gasteiger partial charge in [0.1, 0.15) is 11.8 Å². The van der Waals surface area contributed by atoms with E-state index in [4.69, 9.17) is 4.74 Å². The van der Waals surface area contributed by atoms with Crippen molar-refractivity contribution in [3.8, 4) is 5.75 Å². The zero-order valence-corrected chi connectivity index (χ0v) is 24.7. The molecule has 0 aliphatic heterocycles. The second-order valence-electron chi connectivity index (χ2n) is 10.7. The fraction of sp³-hybridized carbons (Fsp3) is 0.375. The van der Waals surface area contributed by atoms with Crippen molar-refractivity contribution in [1.82, 2.24) is 10.2 Å². The Morgan fingerprint density at radius 3 is 2.32 bits per heavy atom. The molecule has 3 aromatic carbocycles. The Labute approximate surface area is 235 Å². The van der Waals surface area contributed by atoms with Crippen LogP contribution in [0.3, 0.4) is 0 Å².